The molecule has 0 heterocycles. The second-order valence-corrected chi connectivity index (χ2v) is 10.6. The molecule has 0 aliphatic carbocycles. The van der Waals surface area contributed by atoms with Crippen LogP contribution in [0.5, 0.6) is 0 Å². The van der Waals surface area contributed by atoms with Crippen molar-refractivity contribution in [2.75, 3.05) is 10.6 Å². The number of nitrogen functional groups attached to an aromatic ring is 1. The van der Waals surface area contributed by atoms with Gasteiger partial charge in [0.25, 0.3) is 0 Å². The number of para-hydroxylation sites is 2. The first kappa shape index (κ1) is 27.3. The Morgan fingerprint density at radius 1 is 0.525 bits per heavy atom. The predicted octanol–water partition coefficient (Wildman–Crippen LogP) is 10.8. The maximum absolute atomic E-state index is 6.34. The van der Waals surface area contributed by atoms with Gasteiger partial charge in [0.05, 0.1) is 11.4 Å². The van der Waals surface area contributed by atoms with E-state index in [0.717, 1.165) is 35.6 Å². The van der Waals surface area contributed by atoms with Gasteiger partial charge in [0, 0.05) is 22.5 Å². The Labute approximate surface area is 240 Å². The molecule has 0 aliphatic heterocycles. The second-order valence-electron chi connectivity index (χ2n) is 10.6. The van der Waals surface area contributed by atoms with Crippen molar-refractivity contribution in [3.63, 3.8) is 0 Å². The van der Waals surface area contributed by atoms with Gasteiger partial charge >= 0.3 is 0 Å². The molecule has 5 rings (SSSR count). The smallest absolute Gasteiger partial charge is 0.0540 e. The molecule has 2 N–H and O–H groups in total. The normalized spacial score (nSPS) is 10.9. The van der Waals surface area contributed by atoms with Gasteiger partial charge < -0.3 is 10.6 Å². The monoisotopic (exact) mass is 524 g/mol. The number of benzene rings is 5. The maximum atomic E-state index is 6.34. The van der Waals surface area contributed by atoms with Crippen molar-refractivity contribution >= 4 is 22.7 Å². The zero-order chi connectivity index (χ0) is 27.7. The number of hydrogen-bond donors (Lipinski definition) is 1. The van der Waals surface area contributed by atoms with E-state index in [9.17, 15) is 0 Å². The minimum atomic E-state index is 0.748. The predicted molar refractivity (Wildman–Crippen MR) is 174 cm³/mol. The average Bonchev–Trinajstić information content (AvgIpc) is 3.00. The van der Waals surface area contributed by atoms with Crippen molar-refractivity contribution in [3.8, 4) is 22.3 Å². The number of nitrogens with zero attached hydrogens (tertiary/aromatic N) is 1. The Hall–Kier alpha value is -4.30. The molecule has 0 unspecified atom stereocenters. The lowest BCUT2D eigenvalue weighted by Crippen LogP contribution is -2.12. The van der Waals surface area contributed by atoms with Gasteiger partial charge in [-0.1, -0.05) is 118 Å². The molecular formula is C38H40N2. The third kappa shape index (κ3) is 6.29. The molecule has 0 aromatic heterocycles. The van der Waals surface area contributed by atoms with Gasteiger partial charge in [-0.2, -0.15) is 0 Å². The van der Waals surface area contributed by atoms with Gasteiger partial charge in [0.2, 0.25) is 0 Å². The number of nitrogens with two attached hydrogens (primary N) is 1. The first-order valence-electron chi connectivity index (χ1n) is 14.7. The van der Waals surface area contributed by atoms with Crippen LogP contribution in [0.3, 0.4) is 0 Å². The fourth-order valence-corrected chi connectivity index (χ4v) is 5.36. The van der Waals surface area contributed by atoms with E-state index < -0.39 is 0 Å². The van der Waals surface area contributed by atoms with E-state index in [1.54, 1.807) is 0 Å². The van der Waals surface area contributed by atoms with Crippen LogP contribution in [0, 0.1) is 0 Å². The molecular weight excluding hydrogens is 484 g/mol. The summed E-state index contributed by atoms with van der Waals surface area (Å²) in [5.74, 6) is 0. The van der Waals surface area contributed by atoms with Crippen LogP contribution in [-0.4, -0.2) is 0 Å². The molecule has 0 radical (unpaired) electrons. The van der Waals surface area contributed by atoms with Crippen molar-refractivity contribution < 1.29 is 0 Å². The van der Waals surface area contributed by atoms with E-state index in [1.807, 2.05) is 12.1 Å². The molecule has 2 heteroatoms. The highest BCUT2D eigenvalue weighted by Gasteiger charge is 2.20. The van der Waals surface area contributed by atoms with Gasteiger partial charge in [-0.3, -0.25) is 0 Å². The molecule has 0 fully saturated rings. The summed E-state index contributed by atoms with van der Waals surface area (Å²) in [7, 11) is 0. The molecule has 5 aromatic rings. The molecule has 0 bridgehead atoms. The summed E-state index contributed by atoms with van der Waals surface area (Å²) in [6, 6.07) is 43.8. The van der Waals surface area contributed by atoms with E-state index in [2.05, 4.69) is 128 Å². The lowest BCUT2D eigenvalue weighted by Gasteiger charge is -2.30. The number of anilines is 4. The molecule has 0 saturated carbocycles. The standard InChI is InChI=1S/C38H40N2/c1-3-5-12-29-20-24-31(25-21-29)35-16-7-9-18-37(35)40(34-15-11-14-33(39)28-34)38-19-10-8-17-36(38)32-26-22-30(23-27-32)13-6-4-2/h7-11,14-28H,3-6,12-13,39H2,1-2H3. The Kier molecular flexibility index (Phi) is 8.98. The summed E-state index contributed by atoms with van der Waals surface area (Å²) in [5, 5.41) is 0. The Morgan fingerprint density at radius 2 is 1.00 bits per heavy atom. The van der Waals surface area contributed by atoms with Crippen molar-refractivity contribution in [3.05, 3.63) is 132 Å². The summed E-state index contributed by atoms with van der Waals surface area (Å²) in [6.45, 7) is 4.49. The zero-order valence-corrected chi connectivity index (χ0v) is 23.8. The van der Waals surface area contributed by atoms with E-state index in [0.29, 0.717) is 0 Å². The number of rotatable bonds is 11. The molecule has 0 spiro atoms. The van der Waals surface area contributed by atoms with Crippen LogP contribution in [0.2, 0.25) is 0 Å². The van der Waals surface area contributed by atoms with Gasteiger partial charge in [-0.05, 0) is 78.3 Å². The van der Waals surface area contributed by atoms with Crippen molar-refractivity contribution in [1.82, 2.24) is 0 Å². The van der Waals surface area contributed by atoms with E-state index in [4.69, 9.17) is 5.73 Å². The van der Waals surface area contributed by atoms with Crippen molar-refractivity contribution in [1.29, 1.82) is 0 Å². The van der Waals surface area contributed by atoms with E-state index in [-0.39, 0.29) is 0 Å². The number of hydrogen-bond acceptors (Lipinski definition) is 2. The zero-order valence-electron chi connectivity index (χ0n) is 23.8. The lowest BCUT2D eigenvalue weighted by molar-refractivity contribution is 0.795. The maximum Gasteiger partial charge on any atom is 0.0540 e. The Morgan fingerprint density at radius 3 is 1.45 bits per heavy atom. The van der Waals surface area contributed by atoms with E-state index >= 15 is 0 Å². The molecule has 0 atom stereocenters. The van der Waals surface area contributed by atoms with Crippen LogP contribution < -0.4 is 10.6 Å². The van der Waals surface area contributed by atoms with Gasteiger partial charge in [0.1, 0.15) is 0 Å². The lowest BCUT2D eigenvalue weighted by atomic mass is 9.97. The van der Waals surface area contributed by atoms with Gasteiger partial charge in [-0.25, -0.2) is 0 Å². The third-order valence-corrected chi connectivity index (χ3v) is 7.59. The summed E-state index contributed by atoms with van der Waals surface area (Å²) in [6.07, 6.45) is 7.10. The minimum Gasteiger partial charge on any atom is -0.399 e. The molecule has 0 saturated heterocycles. The Bertz CT molecular complexity index is 1420. The van der Waals surface area contributed by atoms with Crippen LogP contribution in [0.15, 0.2) is 121 Å². The molecule has 40 heavy (non-hydrogen) atoms. The fraction of sp³-hybridized carbons (Fsp3) is 0.211. The highest BCUT2D eigenvalue weighted by Crippen LogP contribution is 2.44. The summed E-state index contributed by atoms with van der Waals surface area (Å²) < 4.78 is 0. The van der Waals surface area contributed by atoms with Crippen LogP contribution in [0.25, 0.3) is 22.3 Å². The largest absolute Gasteiger partial charge is 0.399 e. The molecule has 5 aromatic carbocycles. The first-order chi connectivity index (χ1) is 19.7. The van der Waals surface area contributed by atoms with Gasteiger partial charge in [-0.15, -0.1) is 0 Å². The third-order valence-electron chi connectivity index (χ3n) is 7.59. The average molecular weight is 525 g/mol. The highest BCUT2D eigenvalue weighted by atomic mass is 15.1. The van der Waals surface area contributed by atoms with Crippen LogP contribution >= 0.6 is 0 Å². The van der Waals surface area contributed by atoms with Gasteiger partial charge in [0.15, 0.2) is 0 Å². The van der Waals surface area contributed by atoms with E-state index in [1.165, 1.54) is 59.1 Å². The van der Waals surface area contributed by atoms with Crippen molar-refractivity contribution in [2.24, 2.45) is 0 Å². The second kappa shape index (κ2) is 13.2. The topological polar surface area (TPSA) is 29.3 Å². The molecule has 2 nitrogen and oxygen atoms in total. The minimum absolute atomic E-state index is 0.748. The Balaban J connectivity index is 1.63. The number of aryl methyl sites for hydroxylation is 2. The SMILES string of the molecule is CCCCc1ccc(-c2ccccc2N(c2cccc(N)c2)c2ccccc2-c2ccc(CCCC)cc2)cc1. The first-order valence-corrected chi connectivity index (χ1v) is 14.7. The fourth-order valence-electron chi connectivity index (χ4n) is 5.36. The van der Waals surface area contributed by atoms with Crippen LogP contribution in [-0.2, 0) is 12.8 Å². The summed E-state index contributed by atoms with van der Waals surface area (Å²) >= 11 is 0. The number of unbranched alkanes of at least 4 members (excludes halogenated alkanes) is 2. The van der Waals surface area contributed by atoms with Crippen molar-refractivity contribution in [2.45, 2.75) is 52.4 Å². The summed E-state index contributed by atoms with van der Waals surface area (Å²) in [4.78, 5) is 2.36. The molecule has 0 amide bonds. The highest BCUT2D eigenvalue weighted by molar-refractivity contribution is 5.93. The van der Waals surface area contributed by atoms with Crippen LogP contribution in [0.4, 0.5) is 22.7 Å². The van der Waals surface area contributed by atoms with Crippen LogP contribution in [0.1, 0.15) is 50.7 Å². The molecule has 0 aliphatic rings. The quantitative estimate of drug-likeness (QED) is 0.174. The summed E-state index contributed by atoms with van der Waals surface area (Å²) in [5.41, 5.74) is 18.0. The molecule has 202 valence electrons.